The van der Waals surface area contributed by atoms with Crippen molar-refractivity contribution < 1.29 is 4.74 Å². The highest BCUT2D eigenvalue weighted by Crippen LogP contribution is 2.40. The molecule has 0 unspecified atom stereocenters. The molecule has 3 heteroatoms. The van der Waals surface area contributed by atoms with Gasteiger partial charge < -0.3 is 4.74 Å². The van der Waals surface area contributed by atoms with Crippen molar-refractivity contribution in [2.24, 2.45) is 0 Å². The van der Waals surface area contributed by atoms with E-state index < -0.39 is 0 Å². The lowest BCUT2D eigenvalue weighted by Crippen LogP contribution is -1.87. The van der Waals surface area contributed by atoms with Crippen LogP contribution in [0.15, 0.2) is 47.1 Å². The summed E-state index contributed by atoms with van der Waals surface area (Å²) in [5, 5.41) is 0. The molecule has 3 rings (SSSR count). The van der Waals surface area contributed by atoms with Gasteiger partial charge in [-0.1, -0.05) is 12.1 Å². The molecule has 17 heavy (non-hydrogen) atoms. The Bertz CT molecular complexity index is 503. The van der Waals surface area contributed by atoms with E-state index in [9.17, 15) is 0 Å². The molecule has 1 aliphatic carbocycles. The van der Waals surface area contributed by atoms with E-state index >= 15 is 0 Å². The van der Waals surface area contributed by atoms with E-state index in [1.54, 1.807) is 6.20 Å². The van der Waals surface area contributed by atoms with E-state index in [0.29, 0.717) is 5.88 Å². The summed E-state index contributed by atoms with van der Waals surface area (Å²) in [6.45, 7) is 0. The molecule has 0 saturated heterocycles. The highest BCUT2D eigenvalue weighted by atomic mass is 79.9. The summed E-state index contributed by atoms with van der Waals surface area (Å²) < 4.78 is 6.61. The lowest BCUT2D eigenvalue weighted by Gasteiger charge is -2.05. The van der Waals surface area contributed by atoms with Gasteiger partial charge in [-0.25, -0.2) is 4.98 Å². The second kappa shape index (κ2) is 4.49. The number of hydrogen-bond acceptors (Lipinski definition) is 2. The smallest absolute Gasteiger partial charge is 0.219 e. The SMILES string of the molecule is Brc1ccc(Oc2ccc(C3CC3)cc2)nc1. The Labute approximate surface area is 109 Å². The van der Waals surface area contributed by atoms with Crippen LogP contribution in [0.2, 0.25) is 0 Å². The summed E-state index contributed by atoms with van der Waals surface area (Å²) in [4.78, 5) is 4.17. The fourth-order valence-corrected chi connectivity index (χ4v) is 2.00. The van der Waals surface area contributed by atoms with E-state index in [-0.39, 0.29) is 0 Å². The van der Waals surface area contributed by atoms with Crippen LogP contribution in [0.3, 0.4) is 0 Å². The normalized spacial score (nSPS) is 14.6. The van der Waals surface area contributed by atoms with Crippen LogP contribution in [-0.4, -0.2) is 4.98 Å². The first-order chi connectivity index (χ1) is 8.31. The number of aromatic nitrogens is 1. The Kier molecular flexibility index (Phi) is 2.85. The standard InChI is InChI=1S/C14H12BrNO/c15-12-5-8-14(16-9-12)17-13-6-3-11(4-7-13)10-1-2-10/h3-10H,1-2H2. The third-order valence-electron chi connectivity index (χ3n) is 2.85. The van der Waals surface area contributed by atoms with E-state index in [1.807, 2.05) is 24.3 Å². The van der Waals surface area contributed by atoms with Gasteiger partial charge in [-0.3, -0.25) is 0 Å². The molecule has 2 nitrogen and oxygen atoms in total. The Morgan fingerprint density at radius 3 is 2.41 bits per heavy atom. The van der Waals surface area contributed by atoms with Crippen molar-refractivity contribution in [2.75, 3.05) is 0 Å². The molecule has 0 atom stereocenters. The lowest BCUT2D eigenvalue weighted by molar-refractivity contribution is 0.462. The molecule has 86 valence electrons. The van der Waals surface area contributed by atoms with E-state index in [2.05, 4.69) is 33.0 Å². The molecular weight excluding hydrogens is 278 g/mol. The van der Waals surface area contributed by atoms with Crippen LogP contribution in [0, 0.1) is 0 Å². The van der Waals surface area contributed by atoms with Gasteiger partial charge in [-0.05, 0) is 58.5 Å². The van der Waals surface area contributed by atoms with Crippen LogP contribution in [-0.2, 0) is 0 Å². The molecule has 1 heterocycles. The Morgan fingerprint density at radius 1 is 1.06 bits per heavy atom. The minimum atomic E-state index is 0.618. The van der Waals surface area contributed by atoms with Gasteiger partial charge in [0.25, 0.3) is 0 Å². The van der Waals surface area contributed by atoms with E-state index in [4.69, 9.17) is 4.74 Å². The van der Waals surface area contributed by atoms with E-state index in [1.165, 1.54) is 18.4 Å². The summed E-state index contributed by atoms with van der Waals surface area (Å²) in [5.41, 5.74) is 1.42. The van der Waals surface area contributed by atoms with Crippen LogP contribution >= 0.6 is 15.9 Å². The number of benzene rings is 1. The predicted molar refractivity (Wildman–Crippen MR) is 70.4 cm³/mol. The molecule has 1 aromatic carbocycles. The number of rotatable bonds is 3. The molecular formula is C14H12BrNO. The maximum Gasteiger partial charge on any atom is 0.219 e. The van der Waals surface area contributed by atoms with Crippen molar-refractivity contribution in [1.82, 2.24) is 4.98 Å². The molecule has 1 aliphatic rings. The summed E-state index contributed by atoms with van der Waals surface area (Å²) in [5.74, 6) is 2.24. The van der Waals surface area contributed by atoms with Crippen LogP contribution in [0.25, 0.3) is 0 Å². The lowest BCUT2D eigenvalue weighted by atomic mass is 10.1. The van der Waals surface area contributed by atoms with Gasteiger partial charge in [0.2, 0.25) is 5.88 Å². The molecule has 2 aromatic rings. The second-order valence-corrected chi connectivity index (χ2v) is 5.18. The Balaban J connectivity index is 1.73. The van der Waals surface area contributed by atoms with Gasteiger partial charge in [0.1, 0.15) is 5.75 Å². The topological polar surface area (TPSA) is 22.1 Å². The fraction of sp³-hybridized carbons (Fsp3) is 0.214. The molecule has 1 fully saturated rings. The number of nitrogens with zero attached hydrogens (tertiary/aromatic N) is 1. The first kappa shape index (κ1) is 10.8. The highest BCUT2D eigenvalue weighted by molar-refractivity contribution is 9.10. The number of halogens is 1. The Hall–Kier alpha value is -1.35. The maximum atomic E-state index is 5.66. The molecule has 0 aliphatic heterocycles. The fourth-order valence-electron chi connectivity index (χ4n) is 1.77. The summed E-state index contributed by atoms with van der Waals surface area (Å²) in [6.07, 6.45) is 4.39. The predicted octanol–water partition coefficient (Wildman–Crippen LogP) is 4.51. The van der Waals surface area contributed by atoms with Crippen molar-refractivity contribution in [3.8, 4) is 11.6 Å². The first-order valence-corrected chi connectivity index (χ1v) is 6.50. The zero-order valence-corrected chi connectivity index (χ0v) is 10.9. The van der Waals surface area contributed by atoms with Crippen molar-refractivity contribution in [3.63, 3.8) is 0 Å². The molecule has 0 N–H and O–H groups in total. The van der Waals surface area contributed by atoms with Gasteiger partial charge in [-0.2, -0.15) is 0 Å². The molecule has 1 saturated carbocycles. The van der Waals surface area contributed by atoms with Crippen LogP contribution < -0.4 is 4.74 Å². The zero-order chi connectivity index (χ0) is 11.7. The van der Waals surface area contributed by atoms with Crippen molar-refractivity contribution in [2.45, 2.75) is 18.8 Å². The van der Waals surface area contributed by atoms with Gasteiger partial charge >= 0.3 is 0 Å². The maximum absolute atomic E-state index is 5.66. The molecule has 0 bridgehead atoms. The van der Waals surface area contributed by atoms with Gasteiger partial charge in [-0.15, -0.1) is 0 Å². The van der Waals surface area contributed by atoms with Gasteiger partial charge in [0, 0.05) is 16.7 Å². The summed E-state index contributed by atoms with van der Waals surface area (Å²) >= 11 is 3.35. The summed E-state index contributed by atoms with van der Waals surface area (Å²) in [7, 11) is 0. The van der Waals surface area contributed by atoms with Crippen LogP contribution in [0.1, 0.15) is 24.3 Å². The molecule has 0 amide bonds. The summed E-state index contributed by atoms with van der Waals surface area (Å²) in [6, 6.07) is 12.1. The molecule has 1 aromatic heterocycles. The molecule has 0 spiro atoms. The third kappa shape index (κ3) is 2.67. The van der Waals surface area contributed by atoms with Crippen molar-refractivity contribution in [3.05, 3.63) is 52.6 Å². The first-order valence-electron chi connectivity index (χ1n) is 5.70. The quantitative estimate of drug-likeness (QED) is 0.829. The number of ether oxygens (including phenoxy) is 1. The van der Waals surface area contributed by atoms with Crippen LogP contribution in [0.5, 0.6) is 11.6 Å². The Morgan fingerprint density at radius 2 is 1.82 bits per heavy atom. The zero-order valence-electron chi connectivity index (χ0n) is 9.27. The number of pyridine rings is 1. The minimum Gasteiger partial charge on any atom is -0.439 e. The number of hydrogen-bond donors (Lipinski definition) is 0. The van der Waals surface area contributed by atoms with Crippen molar-refractivity contribution in [1.29, 1.82) is 0 Å². The largest absolute Gasteiger partial charge is 0.439 e. The van der Waals surface area contributed by atoms with E-state index in [0.717, 1.165) is 16.1 Å². The minimum absolute atomic E-state index is 0.618. The van der Waals surface area contributed by atoms with Gasteiger partial charge in [0.05, 0.1) is 0 Å². The van der Waals surface area contributed by atoms with Gasteiger partial charge in [0.15, 0.2) is 0 Å². The second-order valence-electron chi connectivity index (χ2n) is 4.26. The third-order valence-corrected chi connectivity index (χ3v) is 3.32. The average molecular weight is 290 g/mol. The molecule has 0 radical (unpaired) electrons. The van der Waals surface area contributed by atoms with Crippen LogP contribution in [0.4, 0.5) is 0 Å². The van der Waals surface area contributed by atoms with Crippen molar-refractivity contribution >= 4 is 15.9 Å². The average Bonchev–Trinajstić information content (AvgIpc) is 3.17. The monoisotopic (exact) mass is 289 g/mol. The highest BCUT2D eigenvalue weighted by Gasteiger charge is 2.22.